The molecule has 0 aliphatic carbocycles. The van der Waals surface area contributed by atoms with Crippen LogP contribution in [0, 0.1) is 0 Å². The smallest absolute Gasteiger partial charge is 0.208 e. The van der Waals surface area contributed by atoms with Gasteiger partial charge in [0, 0.05) is 18.2 Å². The molecule has 0 amide bonds. The number of hydrogen-bond acceptors (Lipinski definition) is 4. The molecule has 0 unspecified atom stereocenters. The van der Waals surface area contributed by atoms with Gasteiger partial charge in [-0.05, 0) is 18.2 Å². The summed E-state index contributed by atoms with van der Waals surface area (Å²) in [5, 5.41) is 0. The van der Waals surface area contributed by atoms with Crippen LogP contribution in [0.5, 0.6) is 0 Å². The zero-order chi connectivity index (χ0) is 10.8. The van der Waals surface area contributed by atoms with E-state index in [9.17, 15) is 0 Å². The largest absolute Gasteiger partial charge is 0.448 e. The van der Waals surface area contributed by atoms with E-state index in [0.717, 1.165) is 0 Å². The summed E-state index contributed by atoms with van der Waals surface area (Å²) in [4.78, 5) is 1.75. The molecule has 0 radical (unpaired) electrons. The maximum absolute atomic E-state index is 5.35. The van der Waals surface area contributed by atoms with Gasteiger partial charge in [-0.15, -0.1) is 0 Å². The third kappa shape index (κ3) is 1.40. The van der Waals surface area contributed by atoms with Gasteiger partial charge in [0.15, 0.2) is 0 Å². The predicted octanol–water partition coefficient (Wildman–Crippen LogP) is 3.94. The Morgan fingerprint density at radius 1 is 0.625 bits per heavy atom. The van der Waals surface area contributed by atoms with E-state index in [4.69, 9.17) is 13.3 Å². The summed E-state index contributed by atoms with van der Waals surface area (Å²) in [6.45, 7) is 0. The minimum atomic E-state index is 0.643. The Hall–Kier alpha value is -2.36. The van der Waals surface area contributed by atoms with E-state index in [-0.39, 0.29) is 0 Å². The molecule has 4 heteroatoms. The van der Waals surface area contributed by atoms with Gasteiger partial charge in [-0.2, -0.15) is 0 Å². The lowest BCUT2D eigenvalue weighted by Gasteiger charge is -2.15. The molecule has 0 bridgehead atoms. The molecule has 0 atom stereocenters. The summed E-state index contributed by atoms with van der Waals surface area (Å²) < 4.78 is 16.0. The van der Waals surface area contributed by atoms with E-state index in [1.165, 1.54) is 0 Å². The topological polar surface area (TPSA) is 42.7 Å². The molecule has 3 aromatic heterocycles. The minimum absolute atomic E-state index is 0.643. The first-order chi connectivity index (χ1) is 7.95. The molecule has 0 N–H and O–H groups in total. The van der Waals surface area contributed by atoms with Crippen LogP contribution in [0.1, 0.15) is 0 Å². The summed E-state index contributed by atoms with van der Waals surface area (Å²) >= 11 is 0. The zero-order valence-corrected chi connectivity index (χ0v) is 8.37. The van der Waals surface area contributed by atoms with Gasteiger partial charge >= 0.3 is 0 Å². The fraction of sp³-hybridized carbons (Fsp3) is 0. The Morgan fingerprint density at radius 3 is 1.25 bits per heavy atom. The summed E-state index contributed by atoms with van der Waals surface area (Å²) in [5.41, 5.74) is 0. The lowest BCUT2D eigenvalue weighted by molar-refractivity contribution is 0.509. The number of furan rings is 3. The molecule has 0 aliphatic rings. The molecule has 4 nitrogen and oxygen atoms in total. The van der Waals surface area contributed by atoms with Crippen molar-refractivity contribution in [3.63, 3.8) is 0 Å². The summed E-state index contributed by atoms with van der Waals surface area (Å²) in [6, 6.07) is 11.0. The van der Waals surface area contributed by atoms with Gasteiger partial charge in [0.2, 0.25) is 17.7 Å². The van der Waals surface area contributed by atoms with Crippen LogP contribution < -0.4 is 4.90 Å². The second-order valence-electron chi connectivity index (χ2n) is 3.19. The van der Waals surface area contributed by atoms with Crippen molar-refractivity contribution in [3.8, 4) is 0 Å². The average molecular weight is 215 g/mol. The standard InChI is InChI=1S/C12H9NO3/c1-4-10(14-7-1)13(11-5-2-8-15-11)12-6-3-9-16-12/h1-9H. The first-order valence-corrected chi connectivity index (χ1v) is 4.86. The van der Waals surface area contributed by atoms with Gasteiger partial charge in [0.25, 0.3) is 0 Å². The molecule has 0 aromatic carbocycles. The molecule has 0 saturated carbocycles. The third-order valence-corrected chi connectivity index (χ3v) is 2.18. The predicted molar refractivity (Wildman–Crippen MR) is 57.9 cm³/mol. The normalized spacial score (nSPS) is 10.5. The Labute approximate surface area is 91.7 Å². The highest BCUT2D eigenvalue weighted by Crippen LogP contribution is 2.34. The fourth-order valence-corrected chi connectivity index (χ4v) is 1.52. The lowest BCUT2D eigenvalue weighted by Crippen LogP contribution is -2.06. The summed E-state index contributed by atoms with van der Waals surface area (Å²) in [5.74, 6) is 1.93. The van der Waals surface area contributed by atoms with Crippen LogP contribution in [0.4, 0.5) is 17.7 Å². The Morgan fingerprint density at radius 2 is 1.00 bits per heavy atom. The quantitative estimate of drug-likeness (QED) is 0.663. The highest BCUT2D eigenvalue weighted by molar-refractivity contribution is 5.65. The Bertz CT molecular complexity index is 441. The number of rotatable bonds is 3. The van der Waals surface area contributed by atoms with Crippen LogP contribution in [0.15, 0.2) is 68.4 Å². The van der Waals surface area contributed by atoms with E-state index in [1.54, 1.807) is 23.7 Å². The first-order valence-electron chi connectivity index (χ1n) is 4.86. The maximum Gasteiger partial charge on any atom is 0.208 e. The van der Waals surface area contributed by atoms with Gasteiger partial charge in [0.05, 0.1) is 18.8 Å². The van der Waals surface area contributed by atoms with Crippen molar-refractivity contribution < 1.29 is 13.3 Å². The summed E-state index contributed by atoms with van der Waals surface area (Å²) in [6.07, 6.45) is 4.82. The van der Waals surface area contributed by atoms with Gasteiger partial charge in [0.1, 0.15) is 0 Å². The number of anilines is 3. The highest BCUT2D eigenvalue weighted by atomic mass is 16.4. The molecule has 3 heterocycles. The van der Waals surface area contributed by atoms with Crippen LogP contribution in [-0.4, -0.2) is 0 Å². The van der Waals surface area contributed by atoms with Crippen molar-refractivity contribution in [2.24, 2.45) is 0 Å². The van der Waals surface area contributed by atoms with Gasteiger partial charge < -0.3 is 13.3 Å². The lowest BCUT2D eigenvalue weighted by atomic mass is 10.4. The highest BCUT2D eigenvalue weighted by Gasteiger charge is 2.18. The van der Waals surface area contributed by atoms with Gasteiger partial charge in [-0.25, -0.2) is 4.90 Å². The molecule has 0 fully saturated rings. The molecule has 0 aliphatic heterocycles. The van der Waals surface area contributed by atoms with Gasteiger partial charge in [-0.3, -0.25) is 0 Å². The summed E-state index contributed by atoms with van der Waals surface area (Å²) in [7, 11) is 0. The van der Waals surface area contributed by atoms with E-state index in [0.29, 0.717) is 17.7 Å². The van der Waals surface area contributed by atoms with E-state index < -0.39 is 0 Å². The van der Waals surface area contributed by atoms with Crippen LogP contribution in [0.25, 0.3) is 0 Å². The van der Waals surface area contributed by atoms with Crippen LogP contribution >= 0.6 is 0 Å². The van der Waals surface area contributed by atoms with Gasteiger partial charge in [-0.1, -0.05) is 0 Å². The Balaban J connectivity index is 2.09. The number of nitrogens with zero attached hydrogens (tertiary/aromatic N) is 1. The molecule has 3 aromatic rings. The van der Waals surface area contributed by atoms with Crippen molar-refractivity contribution >= 4 is 17.7 Å². The third-order valence-electron chi connectivity index (χ3n) is 2.18. The second kappa shape index (κ2) is 3.66. The van der Waals surface area contributed by atoms with Crippen LogP contribution in [-0.2, 0) is 0 Å². The van der Waals surface area contributed by atoms with Crippen molar-refractivity contribution in [2.75, 3.05) is 4.90 Å². The minimum Gasteiger partial charge on any atom is -0.448 e. The fourth-order valence-electron chi connectivity index (χ4n) is 1.52. The molecule has 80 valence electrons. The zero-order valence-electron chi connectivity index (χ0n) is 8.37. The Kier molecular flexibility index (Phi) is 2.04. The molecule has 16 heavy (non-hydrogen) atoms. The van der Waals surface area contributed by atoms with Crippen molar-refractivity contribution in [2.45, 2.75) is 0 Å². The maximum atomic E-state index is 5.35. The molecule has 3 rings (SSSR count). The second-order valence-corrected chi connectivity index (χ2v) is 3.19. The van der Waals surface area contributed by atoms with E-state index in [2.05, 4.69) is 0 Å². The SMILES string of the molecule is c1coc(N(c2ccco2)c2ccco2)c1. The van der Waals surface area contributed by atoms with Crippen LogP contribution in [0.3, 0.4) is 0 Å². The first kappa shape index (κ1) is 8.91. The van der Waals surface area contributed by atoms with Crippen molar-refractivity contribution in [1.82, 2.24) is 0 Å². The molecule has 0 saturated heterocycles. The molecule has 0 spiro atoms. The van der Waals surface area contributed by atoms with Crippen LogP contribution in [0.2, 0.25) is 0 Å². The van der Waals surface area contributed by atoms with Crippen molar-refractivity contribution in [1.29, 1.82) is 0 Å². The van der Waals surface area contributed by atoms with E-state index in [1.807, 2.05) is 36.4 Å². The molecular weight excluding hydrogens is 206 g/mol. The van der Waals surface area contributed by atoms with Crippen molar-refractivity contribution in [3.05, 3.63) is 55.2 Å². The average Bonchev–Trinajstić information content (AvgIpc) is 3.02. The number of hydrogen-bond donors (Lipinski definition) is 0. The molecular formula is C12H9NO3. The van der Waals surface area contributed by atoms with E-state index >= 15 is 0 Å². The monoisotopic (exact) mass is 215 g/mol.